The Balaban J connectivity index is 2.08. The van der Waals surface area contributed by atoms with Gasteiger partial charge >= 0.3 is 0 Å². The summed E-state index contributed by atoms with van der Waals surface area (Å²) in [6.07, 6.45) is 3.97. The lowest BCUT2D eigenvalue weighted by Gasteiger charge is -2.13. The van der Waals surface area contributed by atoms with Crippen LogP contribution in [-0.2, 0) is 9.59 Å². The van der Waals surface area contributed by atoms with Crippen molar-refractivity contribution in [2.24, 2.45) is 0 Å². The second kappa shape index (κ2) is 6.02. The lowest BCUT2D eigenvalue weighted by Crippen LogP contribution is -2.32. The zero-order chi connectivity index (χ0) is 13.8. The van der Waals surface area contributed by atoms with Crippen LogP contribution in [0.1, 0.15) is 37.5 Å². The van der Waals surface area contributed by atoms with Crippen molar-refractivity contribution in [1.29, 1.82) is 0 Å². The van der Waals surface area contributed by atoms with Crippen LogP contribution in [0.25, 0.3) is 5.57 Å². The van der Waals surface area contributed by atoms with Crippen LogP contribution in [0.3, 0.4) is 0 Å². The second-order valence-electron chi connectivity index (χ2n) is 4.52. The smallest absolute Gasteiger partial charge is 0.296 e. The van der Waals surface area contributed by atoms with E-state index in [0.29, 0.717) is 11.4 Å². The van der Waals surface area contributed by atoms with Crippen molar-refractivity contribution in [2.45, 2.75) is 32.6 Å². The normalized spacial score (nSPS) is 15.7. The Kier molecular flexibility index (Phi) is 4.37. The average Bonchev–Trinajstić information content (AvgIpc) is 2.97. The minimum absolute atomic E-state index is 0.149. The van der Waals surface area contributed by atoms with Gasteiger partial charge in [0.2, 0.25) is 0 Å². The van der Waals surface area contributed by atoms with Crippen LogP contribution in [0.2, 0.25) is 0 Å². The van der Waals surface area contributed by atoms with E-state index in [-0.39, 0.29) is 11.5 Å². The van der Waals surface area contributed by atoms with E-state index in [1.807, 2.05) is 5.38 Å². The Morgan fingerprint density at radius 2 is 2.00 bits per heavy atom. The van der Waals surface area contributed by atoms with Gasteiger partial charge in [-0.15, -0.1) is 11.3 Å². The molecule has 2 amide bonds. The number of unbranched alkanes of at least 4 members (excludes halogenated alkanes) is 3. The molecule has 1 aliphatic rings. The summed E-state index contributed by atoms with van der Waals surface area (Å²) in [5, 5.41) is 11.7. The Bertz CT molecular complexity index is 505. The Hall–Kier alpha value is -1.62. The molecule has 0 atom stereocenters. The highest BCUT2D eigenvalue weighted by Gasteiger charge is 2.39. The summed E-state index contributed by atoms with van der Waals surface area (Å²) in [5.41, 5.74) is 0.149. The fourth-order valence-corrected chi connectivity index (χ4v) is 2.87. The third kappa shape index (κ3) is 2.71. The molecule has 0 saturated heterocycles. The number of hydrogen-bond donors (Lipinski definition) is 1. The number of hydrogen-bond acceptors (Lipinski definition) is 4. The molecule has 0 saturated carbocycles. The maximum Gasteiger partial charge on any atom is 0.296 e. The number of aliphatic hydroxyl groups is 1. The number of aliphatic hydroxyl groups excluding tert-OH is 1. The second-order valence-corrected chi connectivity index (χ2v) is 5.47. The lowest BCUT2D eigenvalue weighted by atomic mass is 10.2. The van der Waals surface area contributed by atoms with E-state index >= 15 is 0 Å². The van der Waals surface area contributed by atoms with Gasteiger partial charge in [-0.3, -0.25) is 14.5 Å². The minimum atomic E-state index is -0.565. The van der Waals surface area contributed by atoms with E-state index in [1.165, 1.54) is 11.3 Å². The largest absolute Gasteiger partial charge is 0.502 e. The fraction of sp³-hybridized carbons (Fsp3) is 0.429. The number of rotatable bonds is 6. The van der Waals surface area contributed by atoms with E-state index in [1.54, 1.807) is 12.1 Å². The van der Waals surface area contributed by atoms with Crippen LogP contribution in [0.4, 0.5) is 0 Å². The van der Waals surface area contributed by atoms with Crippen LogP contribution < -0.4 is 0 Å². The van der Waals surface area contributed by atoms with Crippen molar-refractivity contribution in [3.05, 3.63) is 28.1 Å². The molecular weight excluding hydrogens is 262 g/mol. The van der Waals surface area contributed by atoms with Gasteiger partial charge in [0, 0.05) is 11.4 Å². The SMILES string of the molecule is CCCCCCN1C(=O)C(O)=C(c2cccs2)C1=O. The molecule has 0 unspecified atom stereocenters. The minimum Gasteiger partial charge on any atom is -0.502 e. The highest BCUT2D eigenvalue weighted by Crippen LogP contribution is 2.30. The molecular formula is C14H17NO3S. The van der Waals surface area contributed by atoms with Gasteiger partial charge in [-0.2, -0.15) is 0 Å². The predicted octanol–water partition coefficient (Wildman–Crippen LogP) is 2.97. The van der Waals surface area contributed by atoms with Crippen LogP contribution in [-0.4, -0.2) is 28.4 Å². The van der Waals surface area contributed by atoms with Crippen LogP contribution >= 0.6 is 11.3 Å². The fourth-order valence-electron chi connectivity index (χ4n) is 2.11. The summed E-state index contributed by atoms with van der Waals surface area (Å²) in [5.74, 6) is -1.35. The molecule has 1 aromatic rings. The molecule has 102 valence electrons. The van der Waals surface area contributed by atoms with Crippen molar-refractivity contribution < 1.29 is 14.7 Å². The van der Waals surface area contributed by atoms with Crippen LogP contribution in [0.15, 0.2) is 23.3 Å². The number of amides is 2. The maximum absolute atomic E-state index is 12.2. The molecule has 0 spiro atoms. The topological polar surface area (TPSA) is 57.6 Å². The molecule has 1 aliphatic heterocycles. The Morgan fingerprint density at radius 1 is 1.21 bits per heavy atom. The number of carbonyl (C=O) groups excluding carboxylic acids is 2. The number of carbonyl (C=O) groups is 2. The molecule has 0 fully saturated rings. The molecule has 2 rings (SSSR count). The molecule has 0 aliphatic carbocycles. The van der Waals surface area contributed by atoms with Crippen molar-refractivity contribution >= 4 is 28.7 Å². The van der Waals surface area contributed by atoms with E-state index < -0.39 is 11.7 Å². The molecule has 0 radical (unpaired) electrons. The van der Waals surface area contributed by atoms with Crippen molar-refractivity contribution in [3.63, 3.8) is 0 Å². The average molecular weight is 279 g/mol. The van der Waals surface area contributed by atoms with Gasteiger partial charge in [-0.25, -0.2) is 0 Å². The first kappa shape index (κ1) is 13.8. The standard InChI is InChI=1S/C14H17NO3S/c1-2-3-4-5-8-15-13(17)11(12(16)14(15)18)10-7-6-9-19-10/h6-7,9,16H,2-5,8H2,1H3. The summed E-state index contributed by atoms with van der Waals surface area (Å²) < 4.78 is 0. The molecule has 19 heavy (non-hydrogen) atoms. The number of imide groups is 1. The highest BCUT2D eigenvalue weighted by atomic mass is 32.1. The predicted molar refractivity (Wildman–Crippen MR) is 74.7 cm³/mol. The number of nitrogens with zero attached hydrogens (tertiary/aromatic N) is 1. The van der Waals surface area contributed by atoms with Crippen molar-refractivity contribution in [1.82, 2.24) is 4.90 Å². The first-order chi connectivity index (χ1) is 9.16. The van der Waals surface area contributed by atoms with Gasteiger partial charge in [0.1, 0.15) is 5.57 Å². The van der Waals surface area contributed by atoms with E-state index in [2.05, 4.69) is 6.92 Å². The lowest BCUT2D eigenvalue weighted by molar-refractivity contribution is -0.138. The summed E-state index contributed by atoms with van der Waals surface area (Å²) in [4.78, 5) is 25.9. The molecule has 4 nitrogen and oxygen atoms in total. The monoisotopic (exact) mass is 279 g/mol. The first-order valence-corrected chi connectivity index (χ1v) is 7.38. The van der Waals surface area contributed by atoms with Gasteiger partial charge in [-0.1, -0.05) is 32.3 Å². The van der Waals surface area contributed by atoms with Gasteiger partial charge in [0.05, 0.1) is 0 Å². The van der Waals surface area contributed by atoms with Crippen molar-refractivity contribution in [3.8, 4) is 0 Å². The van der Waals surface area contributed by atoms with Crippen molar-refractivity contribution in [2.75, 3.05) is 6.54 Å². The highest BCUT2D eigenvalue weighted by molar-refractivity contribution is 7.11. The van der Waals surface area contributed by atoms with Gasteiger partial charge in [0.25, 0.3) is 11.8 Å². The van der Waals surface area contributed by atoms with E-state index in [4.69, 9.17) is 0 Å². The summed E-state index contributed by atoms with van der Waals surface area (Å²) >= 11 is 1.35. The first-order valence-electron chi connectivity index (χ1n) is 6.50. The van der Waals surface area contributed by atoms with Crippen LogP contribution in [0, 0.1) is 0 Å². The Morgan fingerprint density at radius 3 is 2.63 bits per heavy atom. The van der Waals surface area contributed by atoms with E-state index in [0.717, 1.165) is 30.6 Å². The van der Waals surface area contributed by atoms with Gasteiger partial charge < -0.3 is 5.11 Å². The summed E-state index contributed by atoms with van der Waals surface area (Å²) in [7, 11) is 0. The van der Waals surface area contributed by atoms with E-state index in [9.17, 15) is 14.7 Å². The van der Waals surface area contributed by atoms with Gasteiger partial charge in [-0.05, 0) is 17.9 Å². The molecule has 0 bridgehead atoms. The zero-order valence-electron chi connectivity index (χ0n) is 10.9. The number of thiophene rings is 1. The zero-order valence-corrected chi connectivity index (χ0v) is 11.7. The summed E-state index contributed by atoms with van der Waals surface area (Å²) in [6.45, 7) is 2.49. The Labute approximate surface area is 116 Å². The molecule has 0 aromatic carbocycles. The third-order valence-electron chi connectivity index (χ3n) is 3.15. The molecule has 5 heteroatoms. The molecule has 2 heterocycles. The van der Waals surface area contributed by atoms with Gasteiger partial charge in [0.15, 0.2) is 5.76 Å². The summed E-state index contributed by atoms with van der Waals surface area (Å²) in [6, 6.07) is 3.53. The molecule has 1 N–H and O–H groups in total. The van der Waals surface area contributed by atoms with Crippen LogP contribution in [0.5, 0.6) is 0 Å². The third-order valence-corrected chi connectivity index (χ3v) is 4.03. The quantitative estimate of drug-likeness (QED) is 0.643. The molecule has 1 aromatic heterocycles. The maximum atomic E-state index is 12.2.